The first kappa shape index (κ1) is 12.6. The second-order valence-electron chi connectivity index (χ2n) is 4.42. The molecule has 2 N–H and O–H groups in total. The highest BCUT2D eigenvalue weighted by Crippen LogP contribution is 2.25. The average Bonchev–Trinajstić information content (AvgIpc) is 2.49. The molecular formula is C15H11F2N3. The van der Waals surface area contributed by atoms with Gasteiger partial charge < -0.3 is 5.73 Å². The van der Waals surface area contributed by atoms with Crippen molar-refractivity contribution in [2.75, 3.05) is 0 Å². The third kappa shape index (κ3) is 2.12. The monoisotopic (exact) mass is 271 g/mol. The van der Waals surface area contributed by atoms with Crippen molar-refractivity contribution in [3.8, 4) is 0 Å². The number of hydrogen-bond donors (Lipinski definition) is 1. The number of halogens is 2. The predicted molar refractivity (Wildman–Crippen MR) is 71.9 cm³/mol. The summed E-state index contributed by atoms with van der Waals surface area (Å²) in [6.45, 7) is 0. The number of benzene rings is 2. The van der Waals surface area contributed by atoms with Crippen LogP contribution in [0.2, 0.25) is 0 Å². The van der Waals surface area contributed by atoms with Gasteiger partial charge in [-0.3, -0.25) is 9.97 Å². The summed E-state index contributed by atoms with van der Waals surface area (Å²) in [5, 5.41) is 0. The van der Waals surface area contributed by atoms with Crippen LogP contribution in [0.25, 0.3) is 11.0 Å². The highest BCUT2D eigenvalue weighted by Gasteiger charge is 2.15. The van der Waals surface area contributed by atoms with Gasteiger partial charge in [0, 0.05) is 18.0 Å². The lowest BCUT2D eigenvalue weighted by molar-refractivity contribution is 0.506. The Hall–Kier alpha value is -2.40. The molecule has 20 heavy (non-hydrogen) atoms. The third-order valence-electron chi connectivity index (χ3n) is 3.17. The molecule has 0 saturated heterocycles. The molecule has 3 rings (SSSR count). The van der Waals surface area contributed by atoms with E-state index in [4.69, 9.17) is 5.73 Å². The number of nitrogens with two attached hydrogens (primary N) is 1. The van der Waals surface area contributed by atoms with Crippen LogP contribution in [0.15, 0.2) is 48.8 Å². The highest BCUT2D eigenvalue weighted by molar-refractivity contribution is 5.78. The van der Waals surface area contributed by atoms with Gasteiger partial charge in [0.25, 0.3) is 0 Å². The van der Waals surface area contributed by atoms with Gasteiger partial charge >= 0.3 is 0 Å². The van der Waals surface area contributed by atoms with Crippen LogP contribution in [-0.2, 0) is 0 Å². The highest BCUT2D eigenvalue weighted by atomic mass is 19.2. The molecule has 0 aliphatic carbocycles. The molecule has 5 heteroatoms. The molecule has 0 aliphatic rings. The minimum absolute atomic E-state index is 0.488. The molecule has 0 fully saturated rings. The zero-order valence-electron chi connectivity index (χ0n) is 10.4. The number of para-hydroxylation sites is 1. The van der Waals surface area contributed by atoms with Crippen LogP contribution < -0.4 is 5.73 Å². The Bertz CT molecular complexity index is 769. The van der Waals surface area contributed by atoms with Gasteiger partial charge in [-0.25, -0.2) is 8.78 Å². The fraction of sp³-hybridized carbons (Fsp3) is 0.0667. The topological polar surface area (TPSA) is 51.8 Å². The van der Waals surface area contributed by atoms with E-state index in [0.29, 0.717) is 16.6 Å². The molecule has 0 aliphatic heterocycles. The Balaban J connectivity index is 2.12. The van der Waals surface area contributed by atoms with Gasteiger partial charge in [-0.15, -0.1) is 0 Å². The lowest BCUT2D eigenvalue weighted by Crippen LogP contribution is -2.13. The normalized spacial score (nSPS) is 12.6. The second kappa shape index (κ2) is 4.94. The number of aromatic nitrogens is 2. The summed E-state index contributed by atoms with van der Waals surface area (Å²) in [5.41, 5.74) is 8.73. The van der Waals surface area contributed by atoms with Gasteiger partial charge in [-0.2, -0.15) is 0 Å². The largest absolute Gasteiger partial charge is 0.320 e. The Morgan fingerprint density at radius 2 is 1.75 bits per heavy atom. The number of rotatable bonds is 2. The van der Waals surface area contributed by atoms with Gasteiger partial charge in [-0.05, 0) is 23.8 Å². The SMILES string of the molecule is NC(c1ccc(F)c(F)c1)c1cccc2nccnc12. The van der Waals surface area contributed by atoms with Crippen LogP contribution in [0.4, 0.5) is 8.78 Å². The van der Waals surface area contributed by atoms with Crippen molar-refractivity contribution >= 4 is 11.0 Å². The molecule has 1 atom stereocenters. The smallest absolute Gasteiger partial charge is 0.159 e. The van der Waals surface area contributed by atoms with Crippen molar-refractivity contribution in [2.45, 2.75) is 6.04 Å². The molecule has 3 nitrogen and oxygen atoms in total. The maximum absolute atomic E-state index is 13.3. The Morgan fingerprint density at radius 3 is 2.55 bits per heavy atom. The van der Waals surface area contributed by atoms with Crippen LogP contribution in [-0.4, -0.2) is 9.97 Å². The van der Waals surface area contributed by atoms with E-state index < -0.39 is 17.7 Å². The molecule has 0 saturated carbocycles. The molecule has 100 valence electrons. The number of nitrogens with zero attached hydrogens (tertiary/aromatic N) is 2. The predicted octanol–water partition coefficient (Wildman–Crippen LogP) is 2.96. The molecule has 3 aromatic rings. The van der Waals surface area contributed by atoms with Crippen LogP contribution >= 0.6 is 0 Å². The average molecular weight is 271 g/mol. The molecular weight excluding hydrogens is 260 g/mol. The summed E-state index contributed by atoms with van der Waals surface area (Å²) in [6, 6.07) is 8.50. The van der Waals surface area contributed by atoms with Gasteiger partial charge in [0.2, 0.25) is 0 Å². The fourth-order valence-corrected chi connectivity index (χ4v) is 2.15. The molecule has 1 heterocycles. The molecule has 0 spiro atoms. The van der Waals surface area contributed by atoms with Gasteiger partial charge in [0.15, 0.2) is 11.6 Å². The fourth-order valence-electron chi connectivity index (χ4n) is 2.15. The van der Waals surface area contributed by atoms with Crippen molar-refractivity contribution in [1.29, 1.82) is 0 Å². The summed E-state index contributed by atoms with van der Waals surface area (Å²) < 4.78 is 26.3. The summed E-state index contributed by atoms with van der Waals surface area (Å²) in [6.07, 6.45) is 3.17. The maximum atomic E-state index is 13.3. The van der Waals surface area contributed by atoms with Crippen molar-refractivity contribution in [3.05, 3.63) is 71.6 Å². The minimum atomic E-state index is -0.913. The molecule has 0 radical (unpaired) electrons. The lowest BCUT2D eigenvalue weighted by Gasteiger charge is -2.14. The van der Waals surface area contributed by atoms with Gasteiger partial charge in [0.1, 0.15) is 0 Å². The van der Waals surface area contributed by atoms with Gasteiger partial charge in [0.05, 0.1) is 17.1 Å². The summed E-state index contributed by atoms with van der Waals surface area (Å²) in [4.78, 5) is 8.45. The van der Waals surface area contributed by atoms with Crippen molar-refractivity contribution in [2.24, 2.45) is 5.73 Å². The van der Waals surface area contributed by atoms with E-state index in [9.17, 15) is 8.78 Å². The van der Waals surface area contributed by atoms with E-state index in [1.165, 1.54) is 6.07 Å². The zero-order chi connectivity index (χ0) is 14.1. The summed E-state index contributed by atoms with van der Waals surface area (Å²) in [5.74, 6) is -1.80. The second-order valence-corrected chi connectivity index (χ2v) is 4.42. The minimum Gasteiger partial charge on any atom is -0.320 e. The van der Waals surface area contributed by atoms with E-state index in [-0.39, 0.29) is 0 Å². The van der Waals surface area contributed by atoms with Crippen molar-refractivity contribution in [3.63, 3.8) is 0 Å². The van der Waals surface area contributed by atoms with Crippen LogP contribution in [0.5, 0.6) is 0 Å². The molecule has 2 aromatic carbocycles. The van der Waals surface area contributed by atoms with Crippen LogP contribution in [0.3, 0.4) is 0 Å². The summed E-state index contributed by atoms with van der Waals surface area (Å²) in [7, 11) is 0. The maximum Gasteiger partial charge on any atom is 0.159 e. The standard InChI is InChI=1S/C15H11F2N3/c16-11-5-4-9(8-12(11)17)14(18)10-2-1-3-13-15(10)20-7-6-19-13/h1-8,14H,18H2. The van der Waals surface area contributed by atoms with E-state index >= 15 is 0 Å². The van der Waals surface area contributed by atoms with E-state index in [1.807, 2.05) is 18.2 Å². The first-order valence-corrected chi connectivity index (χ1v) is 6.07. The van der Waals surface area contributed by atoms with Crippen molar-refractivity contribution in [1.82, 2.24) is 9.97 Å². The molecule has 1 unspecified atom stereocenters. The zero-order valence-corrected chi connectivity index (χ0v) is 10.4. The molecule has 0 amide bonds. The molecule has 0 bridgehead atoms. The number of fused-ring (bicyclic) bond motifs is 1. The first-order chi connectivity index (χ1) is 9.66. The number of hydrogen-bond acceptors (Lipinski definition) is 3. The third-order valence-corrected chi connectivity index (χ3v) is 3.17. The Labute approximate surface area is 114 Å². The lowest BCUT2D eigenvalue weighted by atomic mass is 9.98. The van der Waals surface area contributed by atoms with Crippen LogP contribution in [0.1, 0.15) is 17.2 Å². The van der Waals surface area contributed by atoms with E-state index in [2.05, 4.69) is 9.97 Å². The van der Waals surface area contributed by atoms with E-state index in [1.54, 1.807) is 12.4 Å². The first-order valence-electron chi connectivity index (χ1n) is 6.07. The Kier molecular flexibility index (Phi) is 3.12. The van der Waals surface area contributed by atoms with E-state index in [0.717, 1.165) is 17.7 Å². The Morgan fingerprint density at radius 1 is 0.950 bits per heavy atom. The van der Waals surface area contributed by atoms with Crippen molar-refractivity contribution < 1.29 is 8.78 Å². The molecule has 1 aromatic heterocycles. The van der Waals surface area contributed by atoms with Crippen LogP contribution in [0, 0.1) is 11.6 Å². The quantitative estimate of drug-likeness (QED) is 0.779. The summed E-state index contributed by atoms with van der Waals surface area (Å²) >= 11 is 0. The van der Waals surface area contributed by atoms with Gasteiger partial charge in [-0.1, -0.05) is 18.2 Å².